The Morgan fingerprint density at radius 1 is 1.14 bits per heavy atom. The summed E-state index contributed by atoms with van der Waals surface area (Å²) in [5.41, 5.74) is 0. The zero-order valence-corrected chi connectivity index (χ0v) is 10.8. The van der Waals surface area contributed by atoms with Crippen LogP contribution in [0.2, 0.25) is 0 Å². The first kappa shape index (κ1) is 14.0. The quantitative estimate of drug-likeness (QED) is 0.663. The first-order valence-electron chi connectivity index (χ1n) is 6.49. The standard InChI is InChI=1S/C11H23N.C2H6/c1-4-7-10-8-6-9-11(10)12(3)5-2;1-2/h10-11H,4-9H2,1-3H3;1-2H3. The van der Waals surface area contributed by atoms with Crippen LogP contribution in [-0.2, 0) is 0 Å². The van der Waals surface area contributed by atoms with E-state index in [1.807, 2.05) is 13.8 Å². The first-order chi connectivity index (χ1) is 6.79. The SMILES string of the molecule is CC.CCCC1CCCC1N(C)CC. The third-order valence-corrected chi connectivity index (χ3v) is 3.34. The monoisotopic (exact) mass is 199 g/mol. The molecule has 0 amide bonds. The largest absolute Gasteiger partial charge is 0.303 e. The Hall–Kier alpha value is -0.0400. The molecule has 0 spiro atoms. The Morgan fingerprint density at radius 2 is 1.79 bits per heavy atom. The van der Waals surface area contributed by atoms with Crippen LogP contribution in [0.25, 0.3) is 0 Å². The number of nitrogens with zero attached hydrogens (tertiary/aromatic N) is 1. The minimum atomic E-state index is 0.898. The predicted octanol–water partition coefficient (Wildman–Crippen LogP) is 3.93. The third-order valence-electron chi connectivity index (χ3n) is 3.34. The topological polar surface area (TPSA) is 3.24 Å². The average Bonchev–Trinajstić information content (AvgIpc) is 2.69. The van der Waals surface area contributed by atoms with Crippen LogP contribution in [0.4, 0.5) is 0 Å². The normalized spacial score (nSPS) is 26.1. The van der Waals surface area contributed by atoms with Crippen LogP contribution < -0.4 is 0 Å². The molecule has 0 radical (unpaired) electrons. The summed E-state index contributed by atoms with van der Waals surface area (Å²) >= 11 is 0. The predicted molar refractivity (Wildman–Crippen MR) is 65.7 cm³/mol. The highest BCUT2D eigenvalue weighted by atomic mass is 15.1. The van der Waals surface area contributed by atoms with E-state index in [1.165, 1.54) is 38.6 Å². The van der Waals surface area contributed by atoms with Gasteiger partial charge in [0, 0.05) is 6.04 Å². The summed E-state index contributed by atoms with van der Waals surface area (Å²) in [5, 5.41) is 0. The van der Waals surface area contributed by atoms with E-state index in [1.54, 1.807) is 0 Å². The summed E-state index contributed by atoms with van der Waals surface area (Å²) in [4.78, 5) is 2.54. The van der Waals surface area contributed by atoms with Crippen molar-refractivity contribution in [3.63, 3.8) is 0 Å². The van der Waals surface area contributed by atoms with Crippen LogP contribution in [0, 0.1) is 5.92 Å². The summed E-state index contributed by atoms with van der Waals surface area (Å²) in [6, 6.07) is 0.898. The van der Waals surface area contributed by atoms with E-state index in [2.05, 4.69) is 25.8 Å². The van der Waals surface area contributed by atoms with Crippen LogP contribution in [0.15, 0.2) is 0 Å². The van der Waals surface area contributed by atoms with E-state index in [0.717, 1.165) is 12.0 Å². The van der Waals surface area contributed by atoms with Gasteiger partial charge in [-0.05, 0) is 38.8 Å². The van der Waals surface area contributed by atoms with Crippen LogP contribution >= 0.6 is 0 Å². The molecular formula is C13H29N. The molecule has 0 bridgehead atoms. The second kappa shape index (κ2) is 8.28. The Balaban J connectivity index is 0.000000791. The van der Waals surface area contributed by atoms with Crippen LogP contribution in [0.5, 0.6) is 0 Å². The summed E-state index contributed by atoms with van der Waals surface area (Å²) < 4.78 is 0. The lowest BCUT2D eigenvalue weighted by molar-refractivity contribution is 0.199. The lowest BCUT2D eigenvalue weighted by atomic mass is 9.97. The maximum absolute atomic E-state index is 2.54. The van der Waals surface area contributed by atoms with E-state index >= 15 is 0 Å². The number of hydrogen-bond acceptors (Lipinski definition) is 1. The van der Waals surface area contributed by atoms with Crippen LogP contribution in [0.3, 0.4) is 0 Å². The van der Waals surface area contributed by atoms with Gasteiger partial charge in [0.15, 0.2) is 0 Å². The van der Waals surface area contributed by atoms with Crippen molar-refractivity contribution in [2.75, 3.05) is 13.6 Å². The molecule has 14 heavy (non-hydrogen) atoms. The van der Waals surface area contributed by atoms with Gasteiger partial charge in [0.2, 0.25) is 0 Å². The average molecular weight is 199 g/mol. The van der Waals surface area contributed by atoms with Gasteiger partial charge in [0.1, 0.15) is 0 Å². The van der Waals surface area contributed by atoms with Gasteiger partial charge >= 0.3 is 0 Å². The van der Waals surface area contributed by atoms with Crippen LogP contribution in [0.1, 0.15) is 59.8 Å². The lowest BCUT2D eigenvalue weighted by Crippen LogP contribution is -2.34. The molecule has 0 aromatic heterocycles. The molecular weight excluding hydrogens is 170 g/mol. The molecule has 1 saturated carbocycles. The smallest absolute Gasteiger partial charge is 0.0120 e. The molecule has 1 nitrogen and oxygen atoms in total. The van der Waals surface area contributed by atoms with E-state index in [0.29, 0.717) is 0 Å². The van der Waals surface area contributed by atoms with Crippen molar-refractivity contribution >= 4 is 0 Å². The van der Waals surface area contributed by atoms with Crippen molar-refractivity contribution in [1.82, 2.24) is 4.90 Å². The van der Waals surface area contributed by atoms with E-state index < -0.39 is 0 Å². The fraction of sp³-hybridized carbons (Fsp3) is 1.00. The fourth-order valence-corrected chi connectivity index (χ4v) is 2.54. The van der Waals surface area contributed by atoms with Gasteiger partial charge in [0.25, 0.3) is 0 Å². The number of rotatable bonds is 4. The zero-order valence-electron chi connectivity index (χ0n) is 10.8. The Morgan fingerprint density at radius 3 is 2.29 bits per heavy atom. The Kier molecular flexibility index (Phi) is 8.26. The second-order valence-electron chi connectivity index (χ2n) is 4.12. The third kappa shape index (κ3) is 4.00. The maximum atomic E-state index is 2.54. The zero-order chi connectivity index (χ0) is 11.0. The molecule has 0 aromatic rings. The molecule has 1 aliphatic carbocycles. The molecule has 0 aliphatic heterocycles. The van der Waals surface area contributed by atoms with Crippen molar-refractivity contribution in [2.24, 2.45) is 5.92 Å². The molecule has 2 atom stereocenters. The van der Waals surface area contributed by atoms with Gasteiger partial charge in [-0.25, -0.2) is 0 Å². The molecule has 1 fully saturated rings. The lowest BCUT2D eigenvalue weighted by Gasteiger charge is -2.28. The van der Waals surface area contributed by atoms with Crippen LogP contribution in [-0.4, -0.2) is 24.5 Å². The van der Waals surface area contributed by atoms with E-state index in [-0.39, 0.29) is 0 Å². The van der Waals surface area contributed by atoms with Crippen molar-refractivity contribution in [3.8, 4) is 0 Å². The molecule has 1 heteroatoms. The van der Waals surface area contributed by atoms with Crippen molar-refractivity contribution < 1.29 is 0 Å². The summed E-state index contributed by atoms with van der Waals surface area (Å²) in [6.45, 7) is 9.79. The highest BCUT2D eigenvalue weighted by Crippen LogP contribution is 2.32. The molecule has 86 valence electrons. The van der Waals surface area contributed by atoms with E-state index in [9.17, 15) is 0 Å². The highest BCUT2D eigenvalue weighted by molar-refractivity contribution is 4.83. The molecule has 1 aliphatic rings. The minimum Gasteiger partial charge on any atom is -0.303 e. The highest BCUT2D eigenvalue weighted by Gasteiger charge is 2.28. The minimum absolute atomic E-state index is 0.898. The van der Waals surface area contributed by atoms with Gasteiger partial charge in [-0.2, -0.15) is 0 Å². The fourth-order valence-electron chi connectivity index (χ4n) is 2.54. The summed E-state index contributed by atoms with van der Waals surface area (Å²) in [5.74, 6) is 1.000. The molecule has 0 saturated heterocycles. The molecule has 0 aromatic carbocycles. The van der Waals surface area contributed by atoms with E-state index in [4.69, 9.17) is 0 Å². The van der Waals surface area contributed by atoms with Gasteiger partial charge in [-0.3, -0.25) is 0 Å². The Labute approximate surface area is 90.9 Å². The summed E-state index contributed by atoms with van der Waals surface area (Å²) in [7, 11) is 2.28. The Bertz CT molecular complexity index is 122. The van der Waals surface area contributed by atoms with Crippen molar-refractivity contribution in [3.05, 3.63) is 0 Å². The summed E-state index contributed by atoms with van der Waals surface area (Å²) in [6.07, 6.45) is 7.17. The molecule has 0 N–H and O–H groups in total. The van der Waals surface area contributed by atoms with Gasteiger partial charge in [-0.15, -0.1) is 0 Å². The first-order valence-corrected chi connectivity index (χ1v) is 6.49. The maximum Gasteiger partial charge on any atom is 0.0120 e. The second-order valence-corrected chi connectivity index (χ2v) is 4.12. The van der Waals surface area contributed by atoms with Gasteiger partial charge in [-0.1, -0.05) is 40.5 Å². The number of hydrogen-bond donors (Lipinski definition) is 0. The van der Waals surface area contributed by atoms with Gasteiger partial charge < -0.3 is 4.90 Å². The van der Waals surface area contributed by atoms with Crippen molar-refractivity contribution in [2.45, 2.75) is 65.8 Å². The molecule has 2 unspecified atom stereocenters. The molecule has 1 rings (SSSR count). The van der Waals surface area contributed by atoms with Crippen molar-refractivity contribution in [1.29, 1.82) is 0 Å². The van der Waals surface area contributed by atoms with Gasteiger partial charge in [0.05, 0.1) is 0 Å². The molecule has 0 heterocycles.